The summed E-state index contributed by atoms with van der Waals surface area (Å²) in [5.74, 6) is 1.49. The topological polar surface area (TPSA) is 66.0 Å². The second-order valence-corrected chi connectivity index (χ2v) is 7.84. The van der Waals surface area contributed by atoms with E-state index in [4.69, 9.17) is 4.98 Å². The molecule has 0 saturated carbocycles. The third-order valence-corrected chi connectivity index (χ3v) is 5.65. The number of benzene rings is 2. The molecular formula is C25H26N6. The van der Waals surface area contributed by atoms with Crippen LogP contribution in [0.3, 0.4) is 0 Å². The molecule has 0 aliphatic carbocycles. The van der Waals surface area contributed by atoms with Crippen LogP contribution in [-0.2, 0) is 0 Å². The van der Waals surface area contributed by atoms with Gasteiger partial charge >= 0.3 is 0 Å². The molecule has 156 valence electrons. The van der Waals surface area contributed by atoms with Crippen LogP contribution in [0, 0.1) is 0 Å². The Morgan fingerprint density at radius 2 is 1.71 bits per heavy atom. The normalized spacial score (nSPS) is 14.1. The number of hydrogen-bond acceptors (Lipinski definition) is 6. The van der Waals surface area contributed by atoms with Crippen LogP contribution in [-0.4, -0.2) is 46.0 Å². The molecule has 3 heterocycles. The van der Waals surface area contributed by atoms with Gasteiger partial charge in [-0.3, -0.25) is 0 Å². The minimum absolute atomic E-state index is 0.583. The Kier molecular flexibility index (Phi) is 5.71. The summed E-state index contributed by atoms with van der Waals surface area (Å²) in [4.78, 5) is 16.4. The molecule has 6 heteroatoms. The first kappa shape index (κ1) is 19.5. The second kappa shape index (κ2) is 9.10. The maximum atomic E-state index is 4.79. The van der Waals surface area contributed by atoms with Gasteiger partial charge in [-0.05, 0) is 50.2 Å². The number of likely N-dealkylation sites (tertiary alicyclic amines) is 1. The summed E-state index contributed by atoms with van der Waals surface area (Å²) in [7, 11) is 0. The van der Waals surface area contributed by atoms with Gasteiger partial charge in [-0.15, -0.1) is 0 Å². The van der Waals surface area contributed by atoms with Gasteiger partial charge < -0.3 is 15.5 Å². The van der Waals surface area contributed by atoms with E-state index >= 15 is 0 Å². The second-order valence-electron chi connectivity index (χ2n) is 7.84. The SMILES string of the molecule is c1ccc(Nc2ncc3cccc(-c4ccc(NCCN5CCCC5)nc4)c3n2)cc1. The molecule has 2 aromatic carbocycles. The highest BCUT2D eigenvalue weighted by Gasteiger charge is 2.11. The minimum Gasteiger partial charge on any atom is -0.369 e. The molecule has 0 bridgehead atoms. The zero-order valence-electron chi connectivity index (χ0n) is 17.5. The van der Waals surface area contributed by atoms with Gasteiger partial charge in [0.25, 0.3) is 0 Å². The van der Waals surface area contributed by atoms with Crippen LogP contribution in [0.2, 0.25) is 0 Å². The molecule has 6 nitrogen and oxygen atoms in total. The molecule has 2 aromatic heterocycles. The standard InChI is InChI=1S/C25H26N6/c1-2-8-21(9-3-1)29-25-28-18-20-7-6-10-22(24(20)30-25)19-11-12-23(27-17-19)26-13-16-31-14-4-5-15-31/h1-3,6-12,17-18H,4-5,13-16H2,(H,26,27)(H,28,29,30). The number of hydrogen-bond donors (Lipinski definition) is 2. The van der Waals surface area contributed by atoms with Crippen molar-refractivity contribution in [2.75, 3.05) is 36.8 Å². The number of aromatic nitrogens is 3. The number of fused-ring (bicyclic) bond motifs is 1. The molecule has 0 spiro atoms. The zero-order chi connectivity index (χ0) is 20.9. The lowest BCUT2D eigenvalue weighted by atomic mass is 10.0. The molecule has 1 aliphatic rings. The molecule has 2 N–H and O–H groups in total. The van der Waals surface area contributed by atoms with Gasteiger partial charge in [0.1, 0.15) is 5.82 Å². The Balaban J connectivity index is 1.34. The highest BCUT2D eigenvalue weighted by atomic mass is 15.2. The van der Waals surface area contributed by atoms with Crippen molar-refractivity contribution in [1.29, 1.82) is 0 Å². The third-order valence-electron chi connectivity index (χ3n) is 5.65. The highest BCUT2D eigenvalue weighted by Crippen LogP contribution is 2.28. The summed E-state index contributed by atoms with van der Waals surface area (Å²) >= 11 is 0. The van der Waals surface area contributed by atoms with Gasteiger partial charge in [-0.1, -0.05) is 36.4 Å². The van der Waals surface area contributed by atoms with Crippen LogP contribution < -0.4 is 10.6 Å². The maximum Gasteiger partial charge on any atom is 0.227 e. The molecule has 0 unspecified atom stereocenters. The van der Waals surface area contributed by atoms with E-state index in [-0.39, 0.29) is 0 Å². The Hall–Kier alpha value is -3.51. The molecule has 0 radical (unpaired) electrons. The van der Waals surface area contributed by atoms with Crippen molar-refractivity contribution in [3.05, 3.63) is 73.1 Å². The molecule has 5 rings (SSSR count). The van der Waals surface area contributed by atoms with E-state index in [1.54, 1.807) is 0 Å². The van der Waals surface area contributed by atoms with Gasteiger partial charge in [0.2, 0.25) is 5.95 Å². The highest BCUT2D eigenvalue weighted by molar-refractivity contribution is 5.93. The van der Waals surface area contributed by atoms with Crippen LogP contribution in [0.15, 0.2) is 73.1 Å². The monoisotopic (exact) mass is 410 g/mol. The zero-order valence-corrected chi connectivity index (χ0v) is 17.5. The quantitative estimate of drug-likeness (QED) is 0.450. The lowest BCUT2D eigenvalue weighted by Gasteiger charge is -2.15. The predicted molar refractivity (Wildman–Crippen MR) is 127 cm³/mol. The minimum atomic E-state index is 0.583. The number of nitrogens with one attached hydrogen (secondary N) is 2. The van der Waals surface area contributed by atoms with Crippen LogP contribution in [0.25, 0.3) is 22.0 Å². The van der Waals surface area contributed by atoms with E-state index in [9.17, 15) is 0 Å². The first-order chi connectivity index (χ1) is 15.3. The number of nitrogens with zero attached hydrogens (tertiary/aromatic N) is 4. The van der Waals surface area contributed by atoms with Crippen molar-refractivity contribution in [3.63, 3.8) is 0 Å². The van der Waals surface area contributed by atoms with Crippen molar-refractivity contribution < 1.29 is 0 Å². The Labute approximate surface area is 182 Å². The fourth-order valence-electron chi connectivity index (χ4n) is 4.01. The van der Waals surface area contributed by atoms with E-state index in [2.05, 4.69) is 37.6 Å². The average Bonchev–Trinajstić information content (AvgIpc) is 3.33. The van der Waals surface area contributed by atoms with Crippen molar-refractivity contribution in [3.8, 4) is 11.1 Å². The Morgan fingerprint density at radius 1 is 0.839 bits per heavy atom. The Bertz CT molecular complexity index is 1140. The van der Waals surface area contributed by atoms with E-state index < -0.39 is 0 Å². The van der Waals surface area contributed by atoms with Gasteiger partial charge in [-0.2, -0.15) is 0 Å². The van der Waals surface area contributed by atoms with Crippen molar-refractivity contribution >= 4 is 28.4 Å². The van der Waals surface area contributed by atoms with Crippen molar-refractivity contribution in [2.45, 2.75) is 12.8 Å². The van der Waals surface area contributed by atoms with Crippen LogP contribution >= 0.6 is 0 Å². The van der Waals surface area contributed by atoms with Gasteiger partial charge in [0.05, 0.1) is 5.52 Å². The van der Waals surface area contributed by atoms with Crippen LogP contribution in [0.5, 0.6) is 0 Å². The first-order valence-corrected chi connectivity index (χ1v) is 10.9. The molecule has 1 aliphatic heterocycles. The van der Waals surface area contributed by atoms with Crippen LogP contribution in [0.1, 0.15) is 12.8 Å². The number of anilines is 3. The summed E-state index contributed by atoms with van der Waals surface area (Å²) in [6, 6.07) is 20.3. The summed E-state index contributed by atoms with van der Waals surface area (Å²) in [6.45, 7) is 4.43. The fraction of sp³-hybridized carbons (Fsp3) is 0.240. The van der Waals surface area contributed by atoms with Crippen molar-refractivity contribution in [1.82, 2.24) is 19.9 Å². The molecule has 4 aromatic rings. The van der Waals surface area contributed by atoms with Crippen LogP contribution in [0.4, 0.5) is 17.5 Å². The molecule has 0 atom stereocenters. The molecule has 1 fully saturated rings. The summed E-state index contributed by atoms with van der Waals surface area (Å²) in [6.07, 6.45) is 6.42. The van der Waals surface area contributed by atoms with Gasteiger partial charge in [0.15, 0.2) is 0 Å². The van der Waals surface area contributed by atoms with Gasteiger partial charge in [-0.25, -0.2) is 15.0 Å². The van der Waals surface area contributed by atoms with E-state index in [1.165, 1.54) is 25.9 Å². The average molecular weight is 411 g/mol. The number of para-hydroxylation sites is 2. The van der Waals surface area contributed by atoms with Crippen molar-refractivity contribution in [2.24, 2.45) is 0 Å². The van der Waals surface area contributed by atoms with E-state index in [0.717, 1.165) is 46.6 Å². The summed E-state index contributed by atoms with van der Waals surface area (Å²) in [5.41, 5.74) is 3.96. The summed E-state index contributed by atoms with van der Waals surface area (Å²) in [5, 5.41) is 7.72. The van der Waals surface area contributed by atoms with E-state index in [1.807, 2.05) is 60.9 Å². The Morgan fingerprint density at radius 3 is 2.52 bits per heavy atom. The smallest absolute Gasteiger partial charge is 0.227 e. The molecule has 0 amide bonds. The number of rotatable bonds is 7. The maximum absolute atomic E-state index is 4.79. The summed E-state index contributed by atoms with van der Waals surface area (Å²) < 4.78 is 0. The van der Waals surface area contributed by atoms with Gasteiger partial charge in [0, 0.05) is 47.7 Å². The molecular weight excluding hydrogens is 384 g/mol. The predicted octanol–water partition coefficient (Wildman–Crippen LogP) is 4.94. The largest absolute Gasteiger partial charge is 0.369 e. The lowest BCUT2D eigenvalue weighted by molar-refractivity contribution is 0.352. The fourth-order valence-corrected chi connectivity index (χ4v) is 4.01. The lowest BCUT2D eigenvalue weighted by Crippen LogP contribution is -2.26. The first-order valence-electron chi connectivity index (χ1n) is 10.9. The molecule has 31 heavy (non-hydrogen) atoms. The molecule has 1 saturated heterocycles. The number of pyridine rings is 1. The van der Waals surface area contributed by atoms with E-state index in [0.29, 0.717) is 5.95 Å². The third kappa shape index (κ3) is 4.64.